The van der Waals surface area contributed by atoms with Gasteiger partial charge in [-0.05, 0) is 24.3 Å². The van der Waals surface area contributed by atoms with Crippen molar-refractivity contribution in [2.75, 3.05) is 0 Å². The van der Waals surface area contributed by atoms with E-state index >= 15 is 0 Å². The lowest BCUT2D eigenvalue weighted by atomic mass is 10.2. The predicted octanol–water partition coefficient (Wildman–Crippen LogP) is 8.28. The summed E-state index contributed by atoms with van der Waals surface area (Å²) in [7, 11) is 0. The molecule has 0 saturated carbocycles. The summed E-state index contributed by atoms with van der Waals surface area (Å²) in [5.41, 5.74) is 4.21. The molecule has 2 aromatic carbocycles. The highest BCUT2D eigenvalue weighted by molar-refractivity contribution is 9.10. The van der Waals surface area contributed by atoms with Gasteiger partial charge in [0.15, 0.2) is 10.0 Å². The average Bonchev–Trinajstić information content (AvgIpc) is 3.25. The molecule has 0 aliphatic carbocycles. The van der Waals surface area contributed by atoms with Crippen molar-refractivity contribution in [2.24, 2.45) is 0 Å². The van der Waals surface area contributed by atoms with E-state index in [4.69, 9.17) is 9.97 Å². The molecule has 2 nitrogen and oxygen atoms in total. The molecule has 0 bridgehead atoms. The lowest BCUT2D eigenvalue weighted by molar-refractivity contribution is 1.35. The molecule has 26 heavy (non-hydrogen) atoms. The van der Waals surface area contributed by atoms with Crippen molar-refractivity contribution in [3.63, 3.8) is 0 Å². The SMILES string of the molecule is Br.Br.Brc1ccc(-c2csc(-c3nc(-c4ccc(Br)cc4)cs3)n2)cc1. The van der Waals surface area contributed by atoms with Crippen LogP contribution in [0.25, 0.3) is 32.5 Å². The summed E-state index contributed by atoms with van der Waals surface area (Å²) in [5, 5.41) is 6.08. The van der Waals surface area contributed by atoms with E-state index < -0.39 is 0 Å². The number of rotatable bonds is 3. The standard InChI is InChI=1S/C18H10Br2N2S2.2BrH/c19-13-5-1-11(2-6-13)15-9-23-17(21-15)18-22-16(10-24-18)12-3-7-14(20)8-4-12;;/h1-10H;2*1H. The first-order valence-electron chi connectivity index (χ1n) is 7.12. The summed E-state index contributed by atoms with van der Waals surface area (Å²) in [4.78, 5) is 9.49. The van der Waals surface area contributed by atoms with Crippen molar-refractivity contribution in [2.45, 2.75) is 0 Å². The number of aromatic nitrogens is 2. The van der Waals surface area contributed by atoms with Crippen LogP contribution in [0.4, 0.5) is 0 Å². The Morgan fingerprint density at radius 2 is 0.923 bits per heavy atom. The fourth-order valence-corrected chi connectivity index (χ4v) is 4.49. The first-order valence-corrected chi connectivity index (χ1v) is 10.5. The summed E-state index contributed by atoms with van der Waals surface area (Å²) >= 11 is 10.2. The largest absolute Gasteiger partial charge is 0.233 e. The van der Waals surface area contributed by atoms with Crippen molar-refractivity contribution in [1.82, 2.24) is 9.97 Å². The predicted molar refractivity (Wildman–Crippen MR) is 130 cm³/mol. The zero-order valence-corrected chi connectivity index (χ0v) is 21.3. The highest BCUT2D eigenvalue weighted by Crippen LogP contribution is 2.33. The number of halogens is 4. The van der Waals surface area contributed by atoms with Gasteiger partial charge in [-0.3, -0.25) is 0 Å². The number of hydrogen-bond donors (Lipinski definition) is 0. The Morgan fingerprint density at radius 1 is 0.577 bits per heavy atom. The Bertz CT molecular complexity index is 897. The van der Waals surface area contributed by atoms with E-state index in [-0.39, 0.29) is 34.0 Å². The average molecular weight is 640 g/mol. The Labute approximate surface area is 197 Å². The van der Waals surface area contributed by atoms with Crippen LogP contribution in [0.15, 0.2) is 68.2 Å². The van der Waals surface area contributed by atoms with Crippen molar-refractivity contribution >= 4 is 88.5 Å². The molecular weight excluding hydrogens is 628 g/mol. The topological polar surface area (TPSA) is 25.8 Å². The van der Waals surface area contributed by atoms with Crippen molar-refractivity contribution in [3.05, 3.63) is 68.2 Å². The van der Waals surface area contributed by atoms with Crippen LogP contribution >= 0.6 is 88.5 Å². The minimum Gasteiger partial charge on any atom is -0.233 e. The third-order valence-corrected chi connectivity index (χ3v) is 6.36. The van der Waals surface area contributed by atoms with Gasteiger partial charge in [-0.2, -0.15) is 0 Å². The molecule has 2 heterocycles. The van der Waals surface area contributed by atoms with Gasteiger partial charge in [0.2, 0.25) is 0 Å². The molecule has 2 aromatic heterocycles. The van der Waals surface area contributed by atoms with Crippen LogP contribution in [0, 0.1) is 0 Å². The highest BCUT2D eigenvalue weighted by Gasteiger charge is 2.11. The lowest BCUT2D eigenvalue weighted by Crippen LogP contribution is -1.80. The van der Waals surface area contributed by atoms with Gasteiger partial charge < -0.3 is 0 Å². The number of hydrogen-bond acceptors (Lipinski definition) is 4. The van der Waals surface area contributed by atoms with Crippen LogP contribution in [-0.4, -0.2) is 9.97 Å². The summed E-state index contributed by atoms with van der Waals surface area (Å²) in [6, 6.07) is 16.4. The van der Waals surface area contributed by atoms with Gasteiger partial charge in [0.25, 0.3) is 0 Å². The van der Waals surface area contributed by atoms with Crippen molar-refractivity contribution in [1.29, 1.82) is 0 Å². The molecule has 4 aromatic rings. The first kappa shape index (κ1) is 21.9. The van der Waals surface area contributed by atoms with Crippen molar-refractivity contribution in [3.8, 4) is 32.5 Å². The fourth-order valence-electron chi connectivity index (χ4n) is 2.25. The maximum atomic E-state index is 4.75. The zero-order chi connectivity index (χ0) is 16.5. The molecule has 0 spiro atoms. The minimum absolute atomic E-state index is 0. The van der Waals surface area contributed by atoms with E-state index in [2.05, 4.69) is 66.9 Å². The van der Waals surface area contributed by atoms with Gasteiger partial charge in [0.05, 0.1) is 11.4 Å². The van der Waals surface area contributed by atoms with Crippen LogP contribution < -0.4 is 0 Å². The zero-order valence-electron chi connectivity index (χ0n) is 13.1. The Hall–Kier alpha value is -0.380. The second-order valence-corrected chi connectivity index (χ2v) is 8.64. The number of thiazole rings is 2. The first-order chi connectivity index (χ1) is 11.7. The van der Waals surface area contributed by atoms with Gasteiger partial charge in [0.1, 0.15) is 0 Å². The van der Waals surface area contributed by atoms with E-state index in [1.807, 2.05) is 24.3 Å². The van der Waals surface area contributed by atoms with E-state index in [0.717, 1.165) is 41.5 Å². The normalized spacial score (nSPS) is 10.1. The molecule has 0 unspecified atom stereocenters. The van der Waals surface area contributed by atoms with Crippen molar-refractivity contribution < 1.29 is 0 Å². The molecule has 134 valence electrons. The van der Waals surface area contributed by atoms with Crippen LogP contribution in [0.1, 0.15) is 0 Å². The molecule has 4 rings (SSSR count). The monoisotopic (exact) mass is 636 g/mol. The maximum absolute atomic E-state index is 4.75. The molecule has 0 N–H and O–H groups in total. The third-order valence-electron chi connectivity index (χ3n) is 3.47. The molecule has 0 atom stereocenters. The van der Waals surface area contributed by atoms with E-state index in [9.17, 15) is 0 Å². The number of nitrogens with zero attached hydrogens (tertiary/aromatic N) is 2. The van der Waals surface area contributed by atoms with Gasteiger partial charge in [-0.25, -0.2) is 9.97 Å². The third kappa shape index (κ3) is 4.91. The molecule has 0 saturated heterocycles. The highest BCUT2D eigenvalue weighted by atomic mass is 79.9. The molecule has 0 radical (unpaired) electrons. The van der Waals surface area contributed by atoms with Gasteiger partial charge in [-0.1, -0.05) is 56.1 Å². The molecule has 0 aliphatic rings. The molecular formula is C18H12Br4N2S2. The minimum atomic E-state index is 0. The van der Waals surface area contributed by atoms with Crippen LogP contribution in [0.3, 0.4) is 0 Å². The fraction of sp³-hybridized carbons (Fsp3) is 0. The Morgan fingerprint density at radius 3 is 1.27 bits per heavy atom. The lowest BCUT2D eigenvalue weighted by Gasteiger charge is -1.96. The molecule has 0 fully saturated rings. The quantitative estimate of drug-likeness (QED) is 0.226. The smallest absolute Gasteiger partial charge is 0.152 e. The van der Waals surface area contributed by atoms with Crippen LogP contribution in [0.2, 0.25) is 0 Å². The van der Waals surface area contributed by atoms with E-state index in [0.29, 0.717) is 0 Å². The van der Waals surface area contributed by atoms with E-state index in [1.54, 1.807) is 22.7 Å². The second-order valence-electron chi connectivity index (χ2n) is 5.09. The summed E-state index contributed by atoms with van der Waals surface area (Å²) in [5.74, 6) is 0. The van der Waals surface area contributed by atoms with Gasteiger partial charge in [-0.15, -0.1) is 56.6 Å². The Balaban J connectivity index is 0.00000121. The Kier molecular flexibility index (Phi) is 8.18. The van der Waals surface area contributed by atoms with E-state index in [1.165, 1.54) is 0 Å². The molecule has 0 amide bonds. The molecule has 0 aliphatic heterocycles. The second kappa shape index (κ2) is 9.71. The summed E-state index contributed by atoms with van der Waals surface area (Å²) < 4.78 is 2.14. The molecule has 8 heteroatoms. The van der Waals surface area contributed by atoms with Crippen LogP contribution in [-0.2, 0) is 0 Å². The van der Waals surface area contributed by atoms with Gasteiger partial charge >= 0.3 is 0 Å². The summed E-state index contributed by atoms with van der Waals surface area (Å²) in [6.45, 7) is 0. The van der Waals surface area contributed by atoms with Crippen LogP contribution in [0.5, 0.6) is 0 Å². The summed E-state index contributed by atoms with van der Waals surface area (Å²) in [6.07, 6.45) is 0. The van der Waals surface area contributed by atoms with Gasteiger partial charge in [0, 0.05) is 30.8 Å². The number of benzene rings is 2. The maximum Gasteiger partial charge on any atom is 0.152 e.